The lowest BCUT2D eigenvalue weighted by atomic mass is 10.2. The number of hydrogen-bond donors (Lipinski definition) is 1. The van der Waals surface area contributed by atoms with Crippen molar-refractivity contribution in [3.05, 3.63) is 59.6 Å². The molecule has 30 heavy (non-hydrogen) atoms. The van der Waals surface area contributed by atoms with Crippen LogP contribution in [-0.4, -0.2) is 64.2 Å². The number of hydrogen-bond acceptors (Lipinski definition) is 5. The highest BCUT2D eigenvalue weighted by Gasteiger charge is 2.33. The fourth-order valence-corrected chi connectivity index (χ4v) is 6.30. The monoisotopic (exact) mass is 471 g/mol. The van der Waals surface area contributed by atoms with Crippen LogP contribution in [0.5, 0.6) is 0 Å². The number of carbonyl (C=O) groups excluding carboxylic acids is 1. The van der Waals surface area contributed by atoms with Gasteiger partial charge in [0.1, 0.15) is 4.90 Å². The Morgan fingerprint density at radius 2 is 1.50 bits per heavy atom. The van der Waals surface area contributed by atoms with E-state index < -0.39 is 32.0 Å². The quantitative estimate of drug-likeness (QED) is 0.688. The summed E-state index contributed by atoms with van der Waals surface area (Å²) in [5.41, 5.74) is 0. The molecule has 1 amide bonds. The molecule has 2 aromatic rings. The summed E-state index contributed by atoms with van der Waals surface area (Å²) in [7, 11) is -7.61. The first-order chi connectivity index (χ1) is 14.1. The van der Waals surface area contributed by atoms with Gasteiger partial charge in [-0.25, -0.2) is 16.8 Å². The number of rotatable bonds is 6. The molecule has 162 valence electrons. The van der Waals surface area contributed by atoms with E-state index in [0.717, 1.165) is 0 Å². The minimum absolute atomic E-state index is 0.0235. The second kappa shape index (κ2) is 9.03. The van der Waals surface area contributed by atoms with Gasteiger partial charge < -0.3 is 4.90 Å². The van der Waals surface area contributed by atoms with E-state index in [4.69, 9.17) is 11.6 Å². The van der Waals surface area contributed by atoms with Gasteiger partial charge in [-0.3, -0.25) is 4.79 Å². The number of halogens is 1. The molecule has 1 fully saturated rings. The highest BCUT2D eigenvalue weighted by atomic mass is 35.5. The van der Waals surface area contributed by atoms with Crippen molar-refractivity contribution >= 4 is 37.6 Å². The van der Waals surface area contributed by atoms with Crippen molar-refractivity contribution < 1.29 is 21.6 Å². The zero-order valence-corrected chi connectivity index (χ0v) is 18.6. The number of sulfonamides is 2. The van der Waals surface area contributed by atoms with E-state index in [-0.39, 0.29) is 41.0 Å². The molecule has 1 N–H and O–H groups in total. The molecule has 0 saturated carbocycles. The summed E-state index contributed by atoms with van der Waals surface area (Å²) in [4.78, 5) is 14.2. The van der Waals surface area contributed by atoms with Crippen molar-refractivity contribution in [3.8, 4) is 0 Å². The molecule has 0 aliphatic carbocycles. The number of benzene rings is 2. The van der Waals surface area contributed by atoms with E-state index in [2.05, 4.69) is 4.72 Å². The van der Waals surface area contributed by atoms with Crippen LogP contribution in [0, 0.1) is 0 Å². The molecule has 1 atom stereocenters. The molecule has 3 rings (SSSR count). The molecule has 1 heterocycles. The van der Waals surface area contributed by atoms with Crippen molar-refractivity contribution in [2.24, 2.45) is 0 Å². The summed E-state index contributed by atoms with van der Waals surface area (Å²) in [6, 6.07) is 13.0. The average molecular weight is 472 g/mol. The van der Waals surface area contributed by atoms with Crippen molar-refractivity contribution in [2.45, 2.75) is 22.8 Å². The van der Waals surface area contributed by atoms with Crippen LogP contribution in [0.4, 0.5) is 0 Å². The lowest BCUT2D eigenvalue weighted by Gasteiger charge is -2.35. The van der Waals surface area contributed by atoms with Gasteiger partial charge in [-0.15, -0.1) is 0 Å². The van der Waals surface area contributed by atoms with Gasteiger partial charge in [0.15, 0.2) is 0 Å². The molecule has 11 heteroatoms. The molecule has 1 saturated heterocycles. The summed E-state index contributed by atoms with van der Waals surface area (Å²) in [6.45, 7) is 1.96. The molecule has 1 aliphatic heterocycles. The number of amides is 1. The van der Waals surface area contributed by atoms with E-state index in [0.29, 0.717) is 0 Å². The predicted octanol–water partition coefficient (Wildman–Crippen LogP) is 1.54. The SMILES string of the molecule is C[C@H](NS(=O)(=O)c1ccccc1)C(=O)N1CCN(S(=O)(=O)c2ccccc2Cl)CC1. The van der Waals surface area contributed by atoms with Crippen molar-refractivity contribution in [1.29, 1.82) is 0 Å². The van der Waals surface area contributed by atoms with Gasteiger partial charge in [0.25, 0.3) is 0 Å². The zero-order valence-electron chi connectivity index (χ0n) is 16.2. The minimum atomic E-state index is -3.84. The van der Waals surface area contributed by atoms with Crippen molar-refractivity contribution in [3.63, 3.8) is 0 Å². The average Bonchev–Trinajstić information content (AvgIpc) is 2.74. The maximum atomic E-state index is 12.8. The van der Waals surface area contributed by atoms with Gasteiger partial charge >= 0.3 is 0 Å². The summed E-state index contributed by atoms with van der Waals surface area (Å²) >= 11 is 6.03. The molecule has 8 nitrogen and oxygen atoms in total. The smallest absolute Gasteiger partial charge is 0.244 e. The van der Waals surface area contributed by atoms with Crippen LogP contribution in [0.15, 0.2) is 64.4 Å². The summed E-state index contributed by atoms with van der Waals surface area (Å²) in [5, 5.41) is 0.139. The van der Waals surface area contributed by atoms with E-state index >= 15 is 0 Å². The van der Waals surface area contributed by atoms with Gasteiger partial charge in [-0.05, 0) is 31.2 Å². The Kier molecular flexibility index (Phi) is 6.83. The number of piperazine rings is 1. The third kappa shape index (κ3) is 4.84. The molecular weight excluding hydrogens is 450 g/mol. The maximum absolute atomic E-state index is 12.8. The lowest BCUT2D eigenvalue weighted by Crippen LogP contribution is -2.55. The third-order valence-corrected chi connectivity index (χ3v) is 8.72. The first-order valence-corrected chi connectivity index (χ1v) is 12.5. The largest absolute Gasteiger partial charge is 0.339 e. The maximum Gasteiger partial charge on any atom is 0.244 e. The number of nitrogens with one attached hydrogen (secondary N) is 1. The molecule has 0 unspecified atom stereocenters. The Balaban J connectivity index is 1.63. The topological polar surface area (TPSA) is 104 Å². The van der Waals surface area contributed by atoms with Crippen LogP contribution in [0.2, 0.25) is 5.02 Å². The Morgan fingerprint density at radius 1 is 0.933 bits per heavy atom. The van der Waals surface area contributed by atoms with E-state index in [1.54, 1.807) is 30.3 Å². The molecular formula is C19H22ClN3O5S2. The fraction of sp³-hybridized carbons (Fsp3) is 0.316. The molecule has 0 aromatic heterocycles. The second-order valence-electron chi connectivity index (χ2n) is 6.82. The first kappa shape index (κ1) is 22.7. The normalized spacial score (nSPS) is 16.9. The summed E-state index contributed by atoms with van der Waals surface area (Å²) in [5.74, 6) is -0.413. The van der Waals surface area contributed by atoms with Crippen LogP contribution in [-0.2, 0) is 24.8 Å². The highest BCUT2D eigenvalue weighted by Crippen LogP contribution is 2.25. The second-order valence-corrected chi connectivity index (χ2v) is 10.8. The Morgan fingerprint density at radius 3 is 2.10 bits per heavy atom. The van der Waals surface area contributed by atoms with Crippen LogP contribution >= 0.6 is 11.6 Å². The van der Waals surface area contributed by atoms with Crippen LogP contribution in [0.3, 0.4) is 0 Å². The number of carbonyl (C=O) groups is 1. The van der Waals surface area contributed by atoms with Gasteiger partial charge in [-0.2, -0.15) is 9.03 Å². The Labute approximate surface area is 181 Å². The fourth-order valence-electron chi connectivity index (χ4n) is 3.17. The molecule has 0 bridgehead atoms. The minimum Gasteiger partial charge on any atom is -0.339 e. The third-order valence-electron chi connectivity index (χ3n) is 4.76. The van der Waals surface area contributed by atoms with Crippen LogP contribution < -0.4 is 4.72 Å². The Hall–Kier alpha value is -1.98. The molecule has 0 radical (unpaired) electrons. The van der Waals surface area contributed by atoms with Gasteiger partial charge in [-0.1, -0.05) is 41.9 Å². The Bertz CT molecular complexity index is 1120. The van der Waals surface area contributed by atoms with E-state index in [1.807, 2.05) is 0 Å². The standard InChI is InChI=1S/C19H22ClN3O5S2/c1-15(21-29(25,26)16-7-3-2-4-8-16)19(24)22-11-13-23(14-12-22)30(27,28)18-10-6-5-9-17(18)20/h2-10,15,21H,11-14H2,1H3/t15-/m0/s1. The molecule has 0 spiro atoms. The molecule has 1 aliphatic rings. The summed E-state index contributed by atoms with van der Waals surface area (Å²) < 4.78 is 54.1. The van der Waals surface area contributed by atoms with Gasteiger partial charge in [0.2, 0.25) is 26.0 Å². The summed E-state index contributed by atoms with van der Waals surface area (Å²) in [6.07, 6.45) is 0. The number of nitrogens with zero attached hydrogens (tertiary/aromatic N) is 2. The van der Waals surface area contributed by atoms with Gasteiger partial charge in [0, 0.05) is 26.2 Å². The van der Waals surface area contributed by atoms with E-state index in [9.17, 15) is 21.6 Å². The highest BCUT2D eigenvalue weighted by molar-refractivity contribution is 7.89. The predicted molar refractivity (Wildman–Crippen MR) is 113 cm³/mol. The lowest BCUT2D eigenvalue weighted by molar-refractivity contribution is -0.133. The van der Waals surface area contributed by atoms with E-state index in [1.165, 1.54) is 40.4 Å². The zero-order chi connectivity index (χ0) is 21.9. The van der Waals surface area contributed by atoms with Gasteiger partial charge in [0.05, 0.1) is 16.0 Å². The first-order valence-electron chi connectivity index (χ1n) is 9.24. The molecule has 2 aromatic carbocycles. The van der Waals surface area contributed by atoms with Crippen molar-refractivity contribution in [2.75, 3.05) is 26.2 Å². The van der Waals surface area contributed by atoms with Crippen LogP contribution in [0.1, 0.15) is 6.92 Å². The van der Waals surface area contributed by atoms with Crippen LogP contribution in [0.25, 0.3) is 0 Å². The van der Waals surface area contributed by atoms with Crippen molar-refractivity contribution in [1.82, 2.24) is 13.9 Å².